The topological polar surface area (TPSA) is 86.2 Å². The first-order valence-electron chi connectivity index (χ1n) is 7.99. The number of benzene rings is 2. The molecule has 0 fully saturated rings. The van der Waals surface area contributed by atoms with Gasteiger partial charge < -0.3 is 19.6 Å². The van der Waals surface area contributed by atoms with Crippen LogP contribution in [0.15, 0.2) is 52.1 Å². The second-order valence-corrected chi connectivity index (χ2v) is 6.33. The summed E-state index contributed by atoms with van der Waals surface area (Å²) in [5.74, 6) is -0.415. The number of oxime groups is 1. The van der Waals surface area contributed by atoms with Crippen molar-refractivity contribution >= 4 is 39.7 Å². The van der Waals surface area contributed by atoms with Gasteiger partial charge in [0.1, 0.15) is 5.75 Å². The van der Waals surface area contributed by atoms with Crippen LogP contribution >= 0.6 is 15.9 Å². The van der Waals surface area contributed by atoms with Crippen LogP contribution in [0, 0.1) is 6.92 Å². The van der Waals surface area contributed by atoms with E-state index in [4.69, 9.17) is 14.3 Å². The van der Waals surface area contributed by atoms with E-state index in [1.807, 2.05) is 19.1 Å². The van der Waals surface area contributed by atoms with Crippen molar-refractivity contribution in [2.75, 3.05) is 25.6 Å². The summed E-state index contributed by atoms with van der Waals surface area (Å²) >= 11 is 3.36. The van der Waals surface area contributed by atoms with Crippen molar-refractivity contribution in [3.63, 3.8) is 0 Å². The van der Waals surface area contributed by atoms with Crippen LogP contribution in [0.3, 0.4) is 0 Å². The van der Waals surface area contributed by atoms with E-state index >= 15 is 0 Å². The van der Waals surface area contributed by atoms with Crippen molar-refractivity contribution < 1.29 is 23.9 Å². The lowest BCUT2D eigenvalue weighted by Gasteiger charge is -2.08. The number of aryl methyl sites for hydroxylation is 1. The number of halogens is 1. The molecule has 2 aromatic rings. The van der Waals surface area contributed by atoms with E-state index in [0.717, 1.165) is 21.3 Å². The molecule has 0 heterocycles. The summed E-state index contributed by atoms with van der Waals surface area (Å²) in [4.78, 5) is 28.3. The zero-order chi connectivity index (χ0) is 19.6. The Balaban J connectivity index is 1.69. The lowest BCUT2D eigenvalue weighted by Crippen LogP contribution is -2.22. The molecule has 1 amide bonds. The third-order valence-electron chi connectivity index (χ3n) is 3.34. The van der Waals surface area contributed by atoms with Gasteiger partial charge in [-0.3, -0.25) is 4.79 Å². The lowest BCUT2D eigenvalue weighted by molar-refractivity contribution is -0.151. The predicted octanol–water partition coefficient (Wildman–Crippen LogP) is 3.30. The summed E-state index contributed by atoms with van der Waals surface area (Å²) in [7, 11) is 1.58. The number of nitrogens with zero attached hydrogens (tertiary/aromatic N) is 1. The van der Waals surface area contributed by atoms with Crippen LogP contribution in [0.1, 0.15) is 11.1 Å². The molecule has 0 atom stereocenters. The summed E-state index contributed by atoms with van der Waals surface area (Å²) in [6, 6.07) is 12.6. The van der Waals surface area contributed by atoms with Crippen LogP contribution in [0.5, 0.6) is 5.75 Å². The van der Waals surface area contributed by atoms with E-state index < -0.39 is 25.1 Å². The van der Waals surface area contributed by atoms with Crippen molar-refractivity contribution in [2.45, 2.75) is 6.92 Å². The molecule has 0 aliphatic carbocycles. The molecule has 0 saturated heterocycles. The van der Waals surface area contributed by atoms with Gasteiger partial charge in [0.25, 0.3) is 5.91 Å². The number of esters is 1. The minimum atomic E-state index is -0.694. The highest BCUT2D eigenvalue weighted by atomic mass is 79.9. The van der Waals surface area contributed by atoms with Gasteiger partial charge in [-0.25, -0.2) is 4.79 Å². The summed E-state index contributed by atoms with van der Waals surface area (Å²) < 4.78 is 10.6. The van der Waals surface area contributed by atoms with Crippen LogP contribution in [-0.2, 0) is 19.2 Å². The Kier molecular flexibility index (Phi) is 7.81. The standard InChI is InChI=1S/C19H19BrN2O5/c1-13-3-8-17(16(20)9-13)22-18(23)11-26-19(24)12-27-21-10-14-4-6-15(25-2)7-5-14/h3-10H,11-12H2,1-2H3,(H,22,23)/b21-10+. The van der Waals surface area contributed by atoms with E-state index in [0.29, 0.717) is 5.69 Å². The van der Waals surface area contributed by atoms with Crippen LogP contribution < -0.4 is 10.1 Å². The minimum Gasteiger partial charge on any atom is -0.497 e. The van der Waals surface area contributed by atoms with Gasteiger partial charge in [-0.05, 0) is 70.4 Å². The molecule has 0 aliphatic heterocycles. The van der Waals surface area contributed by atoms with Gasteiger partial charge in [-0.1, -0.05) is 11.2 Å². The Morgan fingerprint density at radius 2 is 1.89 bits per heavy atom. The van der Waals surface area contributed by atoms with Crippen molar-refractivity contribution in [3.8, 4) is 5.75 Å². The molecule has 0 radical (unpaired) electrons. The first-order valence-corrected chi connectivity index (χ1v) is 8.78. The summed E-state index contributed by atoms with van der Waals surface area (Å²) in [5.41, 5.74) is 2.44. The predicted molar refractivity (Wildman–Crippen MR) is 105 cm³/mol. The smallest absolute Gasteiger partial charge is 0.347 e. The molecule has 27 heavy (non-hydrogen) atoms. The molecule has 2 aromatic carbocycles. The van der Waals surface area contributed by atoms with Crippen LogP contribution in [-0.4, -0.2) is 38.4 Å². The van der Waals surface area contributed by atoms with Gasteiger partial charge >= 0.3 is 5.97 Å². The first kappa shape index (κ1) is 20.4. The molecule has 2 rings (SSSR count). The Labute approximate surface area is 165 Å². The van der Waals surface area contributed by atoms with Crippen molar-refractivity contribution in [2.24, 2.45) is 5.16 Å². The van der Waals surface area contributed by atoms with Crippen LogP contribution in [0.25, 0.3) is 0 Å². The fourth-order valence-electron chi connectivity index (χ4n) is 1.97. The Hall–Kier alpha value is -2.87. The number of carbonyl (C=O) groups excluding carboxylic acids is 2. The highest BCUT2D eigenvalue weighted by molar-refractivity contribution is 9.10. The second-order valence-electron chi connectivity index (χ2n) is 5.47. The maximum atomic E-state index is 11.8. The average Bonchev–Trinajstić information content (AvgIpc) is 2.66. The number of amides is 1. The monoisotopic (exact) mass is 434 g/mol. The molecule has 0 saturated carbocycles. The highest BCUT2D eigenvalue weighted by Crippen LogP contribution is 2.23. The third-order valence-corrected chi connectivity index (χ3v) is 3.99. The molecule has 7 nitrogen and oxygen atoms in total. The zero-order valence-corrected chi connectivity index (χ0v) is 16.5. The van der Waals surface area contributed by atoms with Crippen molar-refractivity contribution in [1.29, 1.82) is 0 Å². The molecule has 0 bridgehead atoms. The van der Waals surface area contributed by atoms with Gasteiger partial charge in [-0.15, -0.1) is 0 Å². The van der Waals surface area contributed by atoms with Crippen molar-refractivity contribution in [1.82, 2.24) is 0 Å². The highest BCUT2D eigenvalue weighted by Gasteiger charge is 2.10. The lowest BCUT2D eigenvalue weighted by atomic mass is 10.2. The minimum absolute atomic E-state index is 0.395. The Morgan fingerprint density at radius 3 is 2.56 bits per heavy atom. The number of hydrogen-bond donors (Lipinski definition) is 1. The molecular weight excluding hydrogens is 416 g/mol. The summed E-state index contributed by atoms with van der Waals surface area (Å²) in [6.07, 6.45) is 1.45. The van der Waals surface area contributed by atoms with Gasteiger partial charge in [0.2, 0.25) is 6.61 Å². The number of nitrogens with one attached hydrogen (secondary N) is 1. The van der Waals surface area contributed by atoms with Gasteiger partial charge in [0, 0.05) is 4.47 Å². The number of hydrogen-bond acceptors (Lipinski definition) is 6. The molecule has 0 spiro atoms. The Bertz CT molecular complexity index is 821. The van der Waals surface area contributed by atoms with Crippen molar-refractivity contribution in [3.05, 3.63) is 58.1 Å². The maximum absolute atomic E-state index is 11.8. The number of ether oxygens (including phenoxy) is 2. The summed E-state index contributed by atoms with van der Waals surface area (Å²) in [5, 5.41) is 6.33. The normalized spacial score (nSPS) is 10.5. The maximum Gasteiger partial charge on any atom is 0.347 e. The van der Waals surface area contributed by atoms with E-state index in [1.54, 1.807) is 37.4 Å². The molecule has 0 aliphatic rings. The number of methoxy groups -OCH3 is 1. The molecule has 8 heteroatoms. The van der Waals surface area contributed by atoms with E-state index in [-0.39, 0.29) is 0 Å². The van der Waals surface area contributed by atoms with E-state index in [1.165, 1.54) is 6.21 Å². The van der Waals surface area contributed by atoms with E-state index in [2.05, 4.69) is 26.4 Å². The third kappa shape index (κ3) is 7.10. The van der Waals surface area contributed by atoms with E-state index in [9.17, 15) is 9.59 Å². The molecule has 142 valence electrons. The van der Waals surface area contributed by atoms with Gasteiger partial charge in [0.15, 0.2) is 6.61 Å². The van der Waals surface area contributed by atoms with Gasteiger partial charge in [-0.2, -0.15) is 0 Å². The largest absolute Gasteiger partial charge is 0.497 e. The summed E-state index contributed by atoms with van der Waals surface area (Å²) in [6.45, 7) is 1.13. The first-order chi connectivity index (χ1) is 13.0. The SMILES string of the molecule is COc1ccc(/C=N/OCC(=O)OCC(=O)Nc2ccc(C)cc2Br)cc1. The number of carbonyl (C=O) groups is 2. The Morgan fingerprint density at radius 1 is 1.15 bits per heavy atom. The molecular formula is C19H19BrN2O5. The van der Waals surface area contributed by atoms with Crippen LogP contribution in [0.2, 0.25) is 0 Å². The number of anilines is 1. The molecule has 1 N–H and O–H groups in total. The molecule has 0 unspecified atom stereocenters. The second kappa shape index (κ2) is 10.3. The molecule has 0 aromatic heterocycles. The zero-order valence-electron chi connectivity index (χ0n) is 14.9. The quantitative estimate of drug-likeness (QED) is 0.391. The van der Waals surface area contributed by atoms with Gasteiger partial charge in [0.05, 0.1) is 19.0 Å². The fraction of sp³-hybridized carbons (Fsp3) is 0.211. The average molecular weight is 435 g/mol. The number of rotatable bonds is 8. The van der Waals surface area contributed by atoms with Crippen LogP contribution in [0.4, 0.5) is 5.69 Å². The fourth-order valence-corrected chi connectivity index (χ4v) is 2.57.